The maximum Gasteiger partial charge on any atom is 0.296 e. The predicted octanol–water partition coefficient (Wildman–Crippen LogP) is 0.974. The van der Waals surface area contributed by atoms with E-state index >= 15 is 0 Å². The standard InChI is InChI=1S/C10H12N4O3/c1-17-7-2-3-8(9(6-7)14(15)16)13-10-11-4-5-12-10/h2-3,6H,4-5H2,1H3,(H2,11,12,13). The molecule has 7 nitrogen and oxygen atoms in total. The van der Waals surface area contributed by atoms with Crippen LogP contribution in [0.1, 0.15) is 0 Å². The van der Waals surface area contributed by atoms with Crippen LogP contribution in [-0.2, 0) is 0 Å². The Morgan fingerprint density at radius 3 is 3.00 bits per heavy atom. The highest BCUT2D eigenvalue weighted by molar-refractivity contribution is 5.96. The lowest BCUT2D eigenvalue weighted by Crippen LogP contribution is -2.26. The third-order valence-electron chi connectivity index (χ3n) is 2.33. The molecule has 2 N–H and O–H groups in total. The molecule has 0 aromatic heterocycles. The zero-order valence-corrected chi connectivity index (χ0v) is 9.27. The average molecular weight is 236 g/mol. The molecule has 2 rings (SSSR count). The van der Waals surface area contributed by atoms with Gasteiger partial charge in [0, 0.05) is 6.54 Å². The van der Waals surface area contributed by atoms with Crippen LogP contribution in [0.4, 0.5) is 11.4 Å². The molecule has 0 unspecified atom stereocenters. The summed E-state index contributed by atoms with van der Waals surface area (Å²) in [5, 5.41) is 16.8. The first kappa shape index (κ1) is 11.2. The Morgan fingerprint density at radius 1 is 1.59 bits per heavy atom. The third-order valence-corrected chi connectivity index (χ3v) is 2.33. The molecule has 0 amide bonds. The van der Waals surface area contributed by atoms with Crippen molar-refractivity contribution in [3.05, 3.63) is 28.3 Å². The molecule has 0 aliphatic carbocycles. The normalized spacial score (nSPS) is 13.8. The van der Waals surface area contributed by atoms with Crippen LogP contribution in [0.15, 0.2) is 23.2 Å². The van der Waals surface area contributed by atoms with Crippen LogP contribution in [0.2, 0.25) is 0 Å². The molecule has 1 aromatic carbocycles. The number of benzene rings is 1. The van der Waals surface area contributed by atoms with Crippen LogP contribution in [0.5, 0.6) is 5.75 Å². The first-order valence-electron chi connectivity index (χ1n) is 5.08. The van der Waals surface area contributed by atoms with Gasteiger partial charge in [-0.2, -0.15) is 0 Å². The van der Waals surface area contributed by atoms with E-state index in [0.717, 1.165) is 6.54 Å². The Morgan fingerprint density at radius 2 is 2.41 bits per heavy atom. The quantitative estimate of drug-likeness (QED) is 0.603. The van der Waals surface area contributed by atoms with Gasteiger partial charge in [0.25, 0.3) is 5.69 Å². The summed E-state index contributed by atoms with van der Waals surface area (Å²) >= 11 is 0. The van der Waals surface area contributed by atoms with Crippen molar-refractivity contribution in [3.8, 4) is 5.75 Å². The largest absolute Gasteiger partial charge is 0.496 e. The zero-order valence-electron chi connectivity index (χ0n) is 9.27. The van der Waals surface area contributed by atoms with Crippen molar-refractivity contribution in [1.29, 1.82) is 0 Å². The predicted molar refractivity (Wildman–Crippen MR) is 63.6 cm³/mol. The number of aliphatic imine (C=N–C) groups is 1. The minimum absolute atomic E-state index is 0.0410. The van der Waals surface area contributed by atoms with Crippen molar-refractivity contribution in [3.63, 3.8) is 0 Å². The fourth-order valence-corrected chi connectivity index (χ4v) is 1.50. The number of hydrogen-bond donors (Lipinski definition) is 2. The minimum Gasteiger partial charge on any atom is -0.496 e. The van der Waals surface area contributed by atoms with E-state index in [1.807, 2.05) is 0 Å². The summed E-state index contributed by atoms with van der Waals surface area (Å²) < 4.78 is 4.95. The third kappa shape index (κ3) is 2.44. The lowest BCUT2D eigenvalue weighted by atomic mass is 10.2. The highest BCUT2D eigenvalue weighted by Gasteiger charge is 2.17. The zero-order chi connectivity index (χ0) is 12.3. The molecule has 1 heterocycles. The van der Waals surface area contributed by atoms with E-state index in [0.29, 0.717) is 23.9 Å². The fourth-order valence-electron chi connectivity index (χ4n) is 1.50. The summed E-state index contributed by atoms with van der Waals surface area (Å²) in [6.07, 6.45) is 0. The van der Waals surface area contributed by atoms with E-state index in [1.165, 1.54) is 13.2 Å². The van der Waals surface area contributed by atoms with Crippen molar-refractivity contribution in [2.45, 2.75) is 0 Å². The van der Waals surface area contributed by atoms with Gasteiger partial charge in [-0.25, -0.2) is 0 Å². The lowest BCUT2D eigenvalue weighted by molar-refractivity contribution is -0.384. The Hall–Kier alpha value is -2.31. The van der Waals surface area contributed by atoms with Crippen molar-refractivity contribution >= 4 is 17.3 Å². The molecule has 17 heavy (non-hydrogen) atoms. The molecule has 0 saturated carbocycles. The van der Waals surface area contributed by atoms with Gasteiger partial charge in [-0.15, -0.1) is 0 Å². The van der Waals surface area contributed by atoms with E-state index in [1.54, 1.807) is 12.1 Å². The smallest absolute Gasteiger partial charge is 0.296 e. The number of hydrogen-bond acceptors (Lipinski definition) is 6. The molecule has 0 atom stereocenters. The van der Waals surface area contributed by atoms with E-state index in [2.05, 4.69) is 15.6 Å². The van der Waals surface area contributed by atoms with Crippen LogP contribution in [0.25, 0.3) is 0 Å². The second-order valence-corrected chi connectivity index (χ2v) is 3.42. The van der Waals surface area contributed by atoms with Crippen molar-refractivity contribution in [2.24, 2.45) is 4.99 Å². The van der Waals surface area contributed by atoms with Gasteiger partial charge in [-0.3, -0.25) is 15.1 Å². The van der Waals surface area contributed by atoms with Gasteiger partial charge < -0.3 is 15.4 Å². The van der Waals surface area contributed by atoms with Crippen molar-refractivity contribution < 1.29 is 9.66 Å². The van der Waals surface area contributed by atoms with Gasteiger partial charge in [0.1, 0.15) is 11.4 Å². The second kappa shape index (κ2) is 4.69. The first-order chi connectivity index (χ1) is 8.20. The molecule has 0 bridgehead atoms. The van der Waals surface area contributed by atoms with E-state index < -0.39 is 4.92 Å². The number of guanidine groups is 1. The molecule has 0 radical (unpaired) electrons. The van der Waals surface area contributed by atoms with E-state index in [4.69, 9.17) is 4.74 Å². The number of nitro groups is 1. The summed E-state index contributed by atoms with van der Waals surface area (Å²) in [6.45, 7) is 1.42. The molecule has 1 aromatic rings. The maximum absolute atomic E-state index is 10.9. The Labute approximate surface area is 97.6 Å². The Balaban J connectivity index is 2.28. The van der Waals surface area contributed by atoms with Gasteiger partial charge in [0.05, 0.1) is 24.6 Å². The van der Waals surface area contributed by atoms with Crippen LogP contribution < -0.4 is 15.4 Å². The van der Waals surface area contributed by atoms with Crippen LogP contribution >= 0.6 is 0 Å². The maximum atomic E-state index is 10.9. The highest BCUT2D eigenvalue weighted by atomic mass is 16.6. The Bertz CT molecular complexity index is 473. The Kier molecular flexibility index (Phi) is 3.08. The monoisotopic (exact) mass is 236 g/mol. The summed E-state index contributed by atoms with van der Waals surface area (Å²) in [5.41, 5.74) is 0.352. The molecule has 0 fully saturated rings. The number of anilines is 1. The molecule has 0 saturated heterocycles. The number of nitrogens with zero attached hydrogens (tertiary/aromatic N) is 2. The topological polar surface area (TPSA) is 88.8 Å². The molecular formula is C10H12N4O3. The van der Waals surface area contributed by atoms with Crippen LogP contribution in [0.3, 0.4) is 0 Å². The summed E-state index contributed by atoms with van der Waals surface area (Å²) in [6, 6.07) is 4.63. The molecule has 1 aliphatic heterocycles. The van der Waals surface area contributed by atoms with Crippen LogP contribution in [-0.4, -0.2) is 31.1 Å². The van der Waals surface area contributed by atoms with Gasteiger partial charge in [0.2, 0.25) is 0 Å². The second-order valence-electron chi connectivity index (χ2n) is 3.42. The number of methoxy groups -OCH3 is 1. The minimum atomic E-state index is -0.458. The first-order valence-corrected chi connectivity index (χ1v) is 5.08. The number of nitrogens with one attached hydrogen (secondary N) is 2. The average Bonchev–Trinajstić information content (AvgIpc) is 2.82. The fraction of sp³-hybridized carbons (Fsp3) is 0.300. The molecule has 1 aliphatic rings. The van der Waals surface area contributed by atoms with E-state index in [-0.39, 0.29) is 5.69 Å². The SMILES string of the molecule is COc1ccc(NC2=NCCN2)c([N+](=O)[O-])c1. The van der Waals surface area contributed by atoms with Crippen molar-refractivity contribution in [2.75, 3.05) is 25.5 Å². The summed E-state index contributed by atoms with van der Waals surface area (Å²) in [4.78, 5) is 14.6. The molecule has 90 valence electrons. The van der Waals surface area contributed by atoms with Gasteiger partial charge in [0.15, 0.2) is 5.96 Å². The van der Waals surface area contributed by atoms with Gasteiger partial charge >= 0.3 is 0 Å². The summed E-state index contributed by atoms with van der Waals surface area (Å²) in [5.74, 6) is 1.00. The van der Waals surface area contributed by atoms with Crippen LogP contribution in [0, 0.1) is 10.1 Å². The lowest BCUT2D eigenvalue weighted by Gasteiger charge is -2.08. The molecule has 7 heteroatoms. The van der Waals surface area contributed by atoms with Gasteiger partial charge in [-0.1, -0.05) is 0 Å². The number of nitro benzene ring substituents is 1. The molecule has 0 spiro atoms. The highest BCUT2D eigenvalue weighted by Crippen LogP contribution is 2.28. The molecular weight excluding hydrogens is 224 g/mol. The van der Waals surface area contributed by atoms with Gasteiger partial charge in [-0.05, 0) is 12.1 Å². The number of rotatable bonds is 3. The summed E-state index contributed by atoms with van der Waals surface area (Å²) in [7, 11) is 1.47. The number of ether oxygens (including phenoxy) is 1. The van der Waals surface area contributed by atoms with Crippen molar-refractivity contribution in [1.82, 2.24) is 5.32 Å². The van der Waals surface area contributed by atoms with E-state index in [9.17, 15) is 10.1 Å².